The molecule has 3 aliphatic heterocycles. The molecule has 0 spiro atoms. The van der Waals surface area contributed by atoms with Crippen LogP contribution in [0.1, 0.15) is 32.8 Å². The summed E-state index contributed by atoms with van der Waals surface area (Å²) in [6.07, 6.45) is -0.539. The number of nitrogens with zero attached hydrogens (tertiary/aromatic N) is 2. The van der Waals surface area contributed by atoms with Crippen LogP contribution in [0.3, 0.4) is 0 Å². The number of β-lactam (4-membered cyclic amide) rings is 1. The lowest BCUT2D eigenvalue weighted by atomic mass is 9.79. The smallest absolute Gasteiger partial charge is 0.356 e. The minimum absolute atomic E-state index is 0.0604. The molecule has 3 aliphatic rings. The summed E-state index contributed by atoms with van der Waals surface area (Å²) >= 11 is 1.41. The highest BCUT2D eigenvalue weighted by Gasteiger charge is 2.60. The predicted molar refractivity (Wildman–Crippen MR) is 118 cm³/mol. The van der Waals surface area contributed by atoms with Crippen LogP contribution >= 0.6 is 11.8 Å². The topological polar surface area (TPSA) is 139 Å². The molecular formula is C22H25N3O7S. The van der Waals surface area contributed by atoms with E-state index in [1.165, 1.54) is 40.9 Å². The van der Waals surface area contributed by atoms with Crippen molar-refractivity contribution >= 4 is 35.2 Å². The van der Waals surface area contributed by atoms with Crippen molar-refractivity contribution in [2.75, 3.05) is 0 Å². The summed E-state index contributed by atoms with van der Waals surface area (Å²) in [5.41, 5.74) is 0.665. The summed E-state index contributed by atoms with van der Waals surface area (Å²) in [5.74, 6) is -1.86. The third-order valence-corrected chi connectivity index (χ3v) is 8.13. The number of amides is 2. The van der Waals surface area contributed by atoms with Gasteiger partial charge in [-0.05, 0) is 31.5 Å². The molecule has 10 nitrogen and oxygen atoms in total. The van der Waals surface area contributed by atoms with E-state index in [1.807, 2.05) is 13.8 Å². The molecule has 0 aromatic heterocycles. The number of hydrogen-bond acceptors (Lipinski definition) is 8. The summed E-state index contributed by atoms with van der Waals surface area (Å²) in [6, 6.07) is 5.24. The number of esters is 1. The Kier molecular flexibility index (Phi) is 6.19. The van der Waals surface area contributed by atoms with E-state index in [2.05, 4.69) is 5.32 Å². The van der Waals surface area contributed by atoms with E-state index in [9.17, 15) is 29.6 Å². The van der Waals surface area contributed by atoms with Gasteiger partial charge in [-0.15, -0.1) is 11.8 Å². The summed E-state index contributed by atoms with van der Waals surface area (Å²) in [4.78, 5) is 50.2. The normalized spacial score (nSPS) is 29.5. The average Bonchev–Trinajstić information content (AvgIpc) is 3.20. The van der Waals surface area contributed by atoms with E-state index in [4.69, 9.17) is 4.74 Å². The molecule has 0 radical (unpaired) electrons. The maximum atomic E-state index is 13.1. The number of rotatable bonds is 7. The lowest BCUT2D eigenvalue weighted by Gasteiger charge is -2.46. The molecule has 0 saturated carbocycles. The monoisotopic (exact) mass is 475 g/mol. The van der Waals surface area contributed by atoms with Crippen molar-refractivity contribution in [2.45, 2.75) is 57.2 Å². The maximum absolute atomic E-state index is 13.1. The number of nitrogens with one attached hydrogen (secondary N) is 1. The largest absolute Gasteiger partial charge is 0.456 e. The molecule has 0 aliphatic carbocycles. The number of thioether (sulfide) groups is 1. The van der Waals surface area contributed by atoms with Crippen molar-refractivity contribution in [1.29, 1.82) is 0 Å². The predicted octanol–water partition coefficient (Wildman–Crippen LogP) is 1.72. The fourth-order valence-electron chi connectivity index (χ4n) is 4.67. The first-order valence-corrected chi connectivity index (χ1v) is 11.6. The lowest BCUT2D eigenvalue weighted by Crippen LogP contribution is -2.63. The highest BCUT2D eigenvalue weighted by atomic mass is 32.2. The van der Waals surface area contributed by atoms with E-state index >= 15 is 0 Å². The minimum atomic E-state index is -0.850. The second-order valence-electron chi connectivity index (χ2n) is 8.68. The molecule has 33 heavy (non-hydrogen) atoms. The Bertz CT molecular complexity index is 1040. The van der Waals surface area contributed by atoms with Gasteiger partial charge in [-0.25, -0.2) is 4.79 Å². The van der Waals surface area contributed by atoms with Crippen LogP contribution in [0.25, 0.3) is 0 Å². The fraction of sp³-hybridized carbons (Fsp3) is 0.500. The molecule has 3 heterocycles. The molecule has 2 fully saturated rings. The minimum Gasteiger partial charge on any atom is -0.456 e. The molecule has 176 valence electrons. The van der Waals surface area contributed by atoms with E-state index in [0.29, 0.717) is 16.9 Å². The molecule has 0 bridgehead atoms. The summed E-state index contributed by atoms with van der Waals surface area (Å²) < 4.78 is 5.48. The molecule has 11 heteroatoms. The van der Waals surface area contributed by atoms with E-state index < -0.39 is 22.9 Å². The van der Waals surface area contributed by atoms with Gasteiger partial charge in [0.1, 0.15) is 12.3 Å². The van der Waals surface area contributed by atoms with Crippen LogP contribution in [0.2, 0.25) is 0 Å². The number of fused-ring (bicyclic) bond motifs is 1. The Balaban J connectivity index is 1.57. The molecule has 1 aromatic rings. The molecule has 6 atom stereocenters. The highest BCUT2D eigenvalue weighted by molar-refractivity contribution is 8.03. The van der Waals surface area contributed by atoms with Crippen LogP contribution in [0.5, 0.6) is 0 Å². The van der Waals surface area contributed by atoms with Crippen molar-refractivity contribution < 1.29 is 29.2 Å². The van der Waals surface area contributed by atoms with Gasteiger partial charge in [0, 0.05) is 40.7 Å². The lowest BCUT2D eigenvalue weighted by molar-refractivity contribution is -0.384. The van der Waals surface area contributed by atoms with Crippen LogP contribution < -0.4 is 5.32 Å². The quantitative estimate of drug-likeness (QED) is 0.263. The summed E-state index contributed by atoms with van der Waals surface area (Å²) in [5, 5.41) is 23.7. The third-order valence-electron chi connectivity index (χ3n) is 6.43. The van der Waals surface area contributed by atoms with E-state index in [0.717, 1.165) is 0 Å². The number of benzene rings is 1. The summed E-state index contributed by atoms with van der Waals surface area (Å²) in [7, 11) is 0. The van der Waals surface area contributed by atoms with Crippen molar-refractivity contribution in [3.8, 4) is 0 Å². The molecule has 1 aromatic carbocycles. The number of nitro benzene ring substituents is 1. The van der Waals surface area contributed by atoms with Gasteiger partial charge in [-0.3, -0.25) is 19.7 Å². The van der Waals surface area contributed by atoms with Gasteiger partial charge < -0.3 is 20.1 Å². The van der Waals surface area contributed by atoms with Crippen LogP contribution in [-0.4, -0.2) is 56.2 Å². The Morgan fingerprint density at radius 3 is 2.55 bits per heavy atom. The van der Waals surface area contributed by atoms with Gasteiger partial charge in [0.25, 0.3) is 5.69 Å². The SMILES string of the molecule is C[C@@H](O)[C@H]1C(=O)N2C(C(=O)OCc3ccc([N+](=O)[O-])cc3)=C(S[C@H]3CC(=O)N[C@@H]3C)[C@H](C)[C@H]12. The second kappa shape index (κ2) is 8.79. The maximum Gasteiger partial charge on any atom is 0.356 e. The summed E-state index contributed by atoms with van der Waals surface area (Å²) in [6.45, 7) is 5.26. The van der Waals surface area contributed by atoms with Gasteiger partial charge in [-0.1, -0.05) is 6.92 Å². The Hall–Kier alpha value is -2.92. The number of nitro groups is 1. The first-order chi connectivity index (χ1) is 15.6. The first kappa shape index (κ1) is 23.2. The van der Waals surface area contributed by atoms with Crippen molar-refractivity contribution in [2.24, 2.45) is 11.8 Å². The van der Waals surface area contributed by atoms with Crippen molar-refractivity contribution in [3.63, 3.8) is 0 Å². The van der Waals surface area contributed by atoms with Crippen molar-refractivity contribution in [1.82, 2.24) is 10.2 Å². The van der Waals surface area contributed by atoms with Gasteiger partial charge in [0.2, 0.25) is 11.8 Å². The number of hydrogen-bond donors (Lipinski definition) is 2. The molecule has 2 amide bonds. The van der Waals surface area contributed by atoms with E-state index in [-0.39, 0.29) is 53.1 Å². The molecule has 2 saturated heterocycles. The number of aliphatic hydroxyl groups excluding tert-OH is 1. The molecule has 4 rings (SSSR count). The number of ether oxygens (including phenoxy) is 1. The average molecular weight is 476 g/mol. The van der Waals surface area contributed by atoms with Crippen molar-refractivity contribution in [3.05, 3.63) is 50.5 Å². The first-order valence-electron chi connectivity index (χ1n) is 10.7. The zero-order valence-electron chi connectivity index (χ0n) is 18.4. The van der Waals surface area contributed by atoms with E-state index in [1.54, 1.807) is 6.92 Å². The number of carbonyl (C=O) groups is 3. The molecular weight excluding hydrogens is 450 g/mol. The van der Waals surface area contributed by atoms with Gasteiger partial charge in [0.05, 0.1) is 23.0 Å². The standard InChI is InChI=1S/C22H25N3O7S/c1-10-18-17(12(3)26)21(28)24(18)19(20(10)33-15-8-16(27)23-11(15)2)22(29)32-9-13-4-6-14(7-5-13)25(30)31/h4-7,10-12,15,17-18,26H,8-9H2,1-3H3,(H,23,27)/t10-,11-,12-,15+,17-,18-/m1/s1. The van der Waals surface area contributed by atoms with Crippen LogP contribution in [0.15, 0.2) is 34.9 Å². The Morgan fingerprint density at radius 2 is 2.00 bits per heavy atom. The molecule has 0 unspecified atom stereocenters. The zero-order valence-corrected chi connectivity index (χ0v) is 19.2. The Morgan fingerprint density at radius 1 is 1.33 bits per heavy atom. The van der Waals surface area contributed by atoms with Gasteiger partial charge in [-0.2, -0.15) is 0 Å². The number of aliphatic hydroxyl groups is 1. The fourth-order valence-corrected chi connectivity index (χ4v) is 6.15. The second-order valence-corrected chi connectivity index (χ2v) is 9.96. The van der Waals surface area contributed by atoms with Crippen LogP contribution in [0, 0.1) is 22.0 Å². The van der Waals surface area contributed by atoms with Gasteiger partial charge >= 0.3 is 5.97 Å². The Labute approximate surface area is 194 Å². The molecule has 2 N–H and O–H groups in total. The third kappa shape index (κ3) is 4.10. The van der Waals surface area contributed by atoms with Gasteiger partial charge in [0.15, 0.2) is 0 Å². The number of carbonyl (C=O) groups excluding carboxylic acids is 3. The van der Waals surface area contributed by atoms with Crippen LogP contribution in [0.4, 0.5) is 5.69 Å². The zero-order chi connectivity index (χ0) is 24.0. The highest BCUT2D eigenvalue weighted by Crippen LogP contribution is 2.52. The van der Waals surface area contributed by atoms with Crippen LogP contribution in [-0.2, 0) is 25.7 Å². The number of non-ortho nitro benzene ring substituents is 1.